The molecule has 0 radical (unpaired) electrons. The average Bonchev–Trinajstić information content (AvgIpc) is 3.18. The highest BCUT2D eigenvalue weighted by Gasteiger charge is 2.48. The second-order valence-corrected chi connectivity index (χ2v) is 8.66. The molecular formula is C22H19F6N5O2. The van der Waals surface area contributed by atoms with E-state index in [2.05, 4.69) is 15.4 Å². The molecule has 2 unspecified atom stereocenters. The molecule has 2 aromatic heterocycles. The minimum atomic E-state index is -4.55. The van der Waals surface area contributed by atoms with Crippen molar-refractivity contribution < 1.29 is 35.9 Å². The maximum Gasteiger partial charge on any atom is 0.433 e. The molecule has 0 aliphatic carbocycles. The van der Waals surface area contributed by atoms with E-state index in [1.165, 1.54) is 24.4 Å². The van der Waals surface area contributed by atoms with Crippen LogP contribution in [0.3, 0.4) is 0 Å². The summed E-state index contributed by atoms with van der Waals surface area (Å²) in [5.74, 6) is -0.802. The number of carbonyl (C=O) groups excluding carboxylic acids is 1. The maximum atomic E-state index is 13.3. The molecule has 2 N–H and O–H groups in total. The Kier molecular flexibility index (Phi) is 5.42. The van der Waals surface area contributed by atoms with Gasteiger partial charge in [-0.15, -0.1) is 0 Å². The third-order valence-electron chi connectivity index (χ3n) is 6.13. The second kappa shape index (κ2) is 8.11. The van der Waals surface area contributed by atoms with Crippen LogP contribution in [0.15, 0.2) is 36.5 Å². The Morgan fingerprint density at radius 3 is 2.66 bits per heavy atom. The van der Waals surface area contributed by atoms with Gasteiger partial charge in [-0.3, -0.25) is 14.9 Å². The number of ether oxygens (including phenoxy) is 1. The summed E-state index contributed by atoms with van der Waals surface area (Å²) in [6, 6.07) is 5.50. The molecule has 0 spiro atoms. The van der Waals surface area contributed by atoms with E-state index >= 15 is 0 Å². The Labute approximate surface area is 194 Å². The Bertz CT molecular complexity index is 1270. The number of nitrogens with zero attached hydrogens (tertiary/aromatic N) is 3. The van der Waals surface area contributed by atoms with Crippen molar-refractivity contribution in [3.8, 4) is 0 Å². The standard InChI is InChI=1S/C22H19F6N5O2/c23-21(24,25)17-2-1-7-33(17)19(34)16-9-13(5-6-29-16)30-20(11-35-20)10-12-3-4-14-15(8-12)31-32-18(14)22(26,27)28/h3-6,8-9,17H,1-2,7,10-11H2,(H,29,30)(H,31,32). The minimum Gasteiger partial charge on any atom is -0.355 e. The largest absolute Gasteiger partial charge is 0.433 e. The first kappa shape index (κ1) is 23.4. The number of anilines is 1. The second-order valence-electron chi connectivity index (χ2n) is 8.66. The summed E-state index contributed by atoms with van der Waals surface area (Å²) in [6.45, 7) is 0.286. The number of halogens is 6. The van der Waals surface area contributed by atoms with E-state index in [-0.39, 0.29) is 49.0 Å². The van der Waals surface area contributed by atoms with Crippen LogP contribution in [0.4, 0.5) is 32.0 Å². The third kappa shape index (κ3) is 4.64. The highest BCUT2D eigenvalue weighted by atomic mass is 19.4. The van der Waals surface area contributed by atoms with Crippen molar-refractivity contribution in [3.63, 3.8) is 0 Å². The molecule has 2 aliphatic heterocycles. The molecule has 0 bridgehead atoms. The summed E-state index contributed by atoms with van der Waals surface area (Å²) in [5, 5.41) is 8.83. The lowest BCUT2D eigenvalue weighted by Gasteiger charge is -2.26. The van der Waals surface area contributed by atoms with Crippen molar-refractivity contribution in [1.82, 2.24) is 20.1 Å². The normalized spacial score (nSPS) is 22.6. The molecule has 2 aliphatic rings. The number of aromatic amines is 1. The zero-order valence-electron chi connectivity index (χ0n) is 18.0. The molecule has 1 amide bonds. The number of pyridine rings is 1. The summed E-state index contributed by atoms with van der Waals surface area (Å²) >= 11 is 0. The van der Waals surface area contributed by atoms with Gasteiger partial charge >= 0.3 is 12.4 Å². The monoisotopic (exact) mass is 499 g/mol. The van der Waals surface area contributed by atoms with Crippen LogP contribution >= 0.6 is 0 Å². The van der Waals surface area contributed by atoms with Gasteiger partial charge in [0.25, 0.3) is 5.91 Å². The molecule has 2 fully saturated rings. The highest BCUT2D eigenvalue weighted by molar-refractivity contribution is 5.93. The van der Waals surface area contributed by atoms with Crippen molar-refractivity contribution >= 4 is 22.5 Å². The van der Waals surface area contributed by atoms with E-state index in [0.717, 1.165) is 4.90 Å². The number of hydrogen-bond acceptors (Lipinski definition) is 5. The first-order valence-corrected chi connectivity index (χ1v) is 10.8. The number of H-pyrrole nitrogens is 1. The molecule has 4 heterocycles. The van der Waals surface area contributed by atoms with Crippen molar-refractivity contribution in [1.29, 1.82) is 0 Å². The number of likely N-dealkylation sites (tertiary alicyclic amines) is 1. The van der Waals surface area contributed by atoms with Gasteiger partial charge in [0.1, 0.15) is 17.4 Å². The molecule has 2 atom stereocenters. The van der Waals surface area contributed by atoms with Crippen molar-refractivity contribution in [2.75, 3.05) is 18.5 Å². The first-order valence-electron chi connectivity index (χ1n) is 10.8. The van der Waals surface area contributed by atoms with Crippen LogP contribution < -0.4 is 5.32 Å². The number of carbonyl (C=O) groups is 1. The fourth-order valence-electron chi connectivity index (χ4n) is 4.40. The number of alkyl halides is 6. The van der Waals surface area contributed by atoms with Gasteiger partial charge in [-0.2, -0.15) is 31.4 Å². The van der Waals surface area contributed by atoms with Gasteiger partial charge < -0.3 is 15.0 Å². The molecule has 186 valence electrons. The summed E-state index contributed by atoms with van der Waals surface area (Å²) in [4.78, 5) is 17.5. The number of hydrogen-bond donors (Lipinski definition) is 2. The van der Waals surface area contributed by atoms with Gasteiger partial charge in [-0.05, 0) is 36.6 Å². The van der Waals surface area contributed by atoms with E-state index < -0.39 is 35.7 Å². The lowest BCUT2D eigenvalue weighted by molar-refractivity contribution is -0.169. The van der Waals surface area contributed by atoms with Gasteiger partial charge in [0, 0.05) is 30.2 Å². The molecule has 35 heavy (non-hydrogen) atoms. The van der Waals surface area contributed by atoms with Crippen LogP contribution in [0, 0.1) is 0 Å². The van der Waals surface area contributed by atoms with Crippen molar-refractivity contribution in [2.45, 2.75) is 43.4 Å². The van der Waals surface area contributed by atoms with E-state index in [9.17, 15) is 31.1 Å². The zero-order chi connectivity index (χ0) is 25.0. The fourth-order valence-corrected chi connectivity index (χ4v) is 4.40. The topological polar surface area (TPSA) is 86.4 Å². The van der Waals surface area contributed by atoms with Gasteiger partial charge in [0.05, 0.1) is 12.1 Å². The van der Waals surface area contributed by atoms with Crippen molar-refractivity contribution in [2.24, 2.45) is 0 Å². The Balaban J connectivity index is 1.31. The van der Waals surface area contributed by atoms with Gasteiger partial charge in [0.15, 0.2) is 5.72 Å². The third-order valence-corrected chi connectivity index (χ3v) is 6.13. The number of fused-ring (bicyclic) bond motifs is 1. The molecule has 3 aromatic rings. The number of amides is 1. The molecule has 5 rings (SSSR count). The van der Waals surface area contributed by atoms with Crippen LogP contribution in [0.5, 0.6) is 0 Å². The van der Waals surface area contributed by atoms with E-state index in [1.807, 2.05) is 5.10 Å². The van der Waals surface area contributed by atoms with Gasteiger partial charge in [-0.25, -0.2) is 0 Å². The lowest BCUT2D eigenvalue weighted by Crippen LogP contribution is -2.44. The van der Waals surface area contributed by atoms with Crippen LogP contribution in [0.2, 0.25) is 0 Å². The van der Waals surface area contributed by atoms with Crippen LogP contribution in [-0.4, -0.2) is 57.1 Å². The maximum absolute atomic E-state index is 13.3. The molecular weight excluding hydrogens is 480 g/mol. The van der Waals surface area contributed by atoms with Crippen LogP contribution in [0.25, 0.3) is 10.9 Å². The lowest BCUT2D eigenvalue weighted by atomic mass is 10.0. The van der Waals surface area contributed by atoms with E-state index in [1.54, 1.807) is 12.1 Å². The summed E-state index contributed by atoms with van der Waals surface area (Å²) in [5.41, 5.74) is -0.677. The number of nitrogens with one attached hydrogen (secondary N) is 2. The molecule has 2 saturated heterocycles. The Morgan fingerprint density at radius 2 is 1.97 bits per heavy atom. The number of aromatic nitrogens is 3. The highest BCUT2D eigenvalue weighted by Crippen LogP contribution is 2.37. The van der Waals surface area contributed by atoms with Crippen LogP contribution in [0.1, 0.15) is 34.6 Å². The van der Waals surface area contributed by atoms with Crippen LogP contribution in [-0.2, 0) is 17.3 Å². The summed E-state index contributed by atoms with van der Waals surface area (Å²) in [6.07, 6.45) is -7.34. The smallest absolute Gasteiger partial charge is 0.355 e. The van der Waals surface area contributed by atoms with E-state index in [4.69, 9.17) is 4.74 Å². The fraction of sp³-hybridized carbons (Fsp3) is 0.409. The Morgan fingerprint density at radius 1 is 1.20 bits per heavy atom. The SMILES string of the molecule is O=C(c1cc(NC2(Cc3ccc4c(C(F)(F)F)[nH]nc4c3)CO2)ccn1)N1CCCC1C(F)(F)F. The Hall–Kier alpha value is -3.35. The van der Waals surface area contributed by atoms with Gasteiger partial charge in [-0.1, -0.05) is 12.1 Å². The number of epoxide rings is 1. The van der Waals surface area contributed by atoms with Crippen molar-refractivity contribution in [3.05, 3.63) is 53.5 Å². The summed E-state index contributed by atoms with van der Waals surface area (Å²) < 4.78 is 84.5. The minimum absolute atomic E-state index is 0.00111. The quantitative estimate of drug-likeness (QED) is 0.398. The van der Waals surface area contributed by atoms with E-state index in [0.29, 0.717) is 11.3 Å². The molecule has 0 saturated carbocycles. The zero-order valence-corrected chi connectivity index (χ0v) is 18.0. The van der Waals surface area contributed by atoms with Gasteiger partial charge in [0.2, 0.25) is 0 Å². The summed E-state index contributed by atoms with van der Waals surface area (Å²) in [7, 11) is 0. The molecule has 7 nitrogen and oxygen atoms in total. The predicted molar refractivity (Wildman–Crippen MR) is 111 cm³/mol. The molecule has 1 aromatic carbocycles. The molecule has 13 heteroatoms. The average molecular weight is 499 g/mol. The predicted octanol–water partition coefficient (Wildman–Crippen LogP) is 4.52. The number of benzene rings is 1. The first-order chi connectivity index (χ1) is 16.5. The number of rotatable bonds is 5.